The lowest BCUT2D eigenvalue weighted by atomic mass is 10.2. The number of hydrogen-bond donors (Lipinski definition) is 2. The van der Waals surface area contributed by atoms with Crippen LogP contribution in [0.15, 0.2) is 36.4 Å². The number of rotatable bonds is 4. The second-order valence-electron chi connectivity index (χ2n) is 3.76. The van der Waals surface area contributed by atoms with E-state index in [4.69, 9.17) is 5.26 Å². The fraction of sp³-hybridized carbons (Fsp3) is 0.154. The topological polar surface area (TPSA) is 73.6 Å². The first-order valence-electron chi connectivity index (χ1n) is 5.56. The number of anilines is 2. The molecule has 0 unspecified atom stereocenters. The van der Waals surface area contributed by atoms with Crippen LogP contribution in [0.25, 0.3) is 0 Å². The Morgan fingerprint density at radius 1 is 1.17 bits per heavy atom. The molecule has 0 atom stereocenters. The van der Waals surface area contributed by atoms with E-state index >= 15 is 0 Å². The lowest BCUT2D eigenvalue weighted by Gasteiger charge is -2.07. The Hall–Kier alpha value is -2.61. The summed E-state index contributed by atoms with van der Waals surface area (Å²) in [5.74, 6) is 1.82. The van der Waals surface area contributed by atoms with Crippen LogP contribution in [-0.2, 0) is 6.54 Å². The normalized spacial score (nSPS) is 9.56. The minimum absolute atomic E-state index is 0.501. The SMILES string of the molecule is Cc1nc(NC#N)cc(NCc2ccccc2)n1. The fourth-order valence-corrected chi connectivity index (χ4v) is 1.57. The molecule has 0 fully saturated rings. The third-order valence-electron chi connectivity index (χ3n) is 2.34. The summed E-state index contributed by atoms with van der Waals surface area (Å²) < 4.78 is 0. The van der Waals surface area contributed by atoms with E-state index in [0.717, 1.165) is 0 Å². The van der Waals surface area contributed by atoms with E-state index in [0.29, 0.717) is 24.0 Å². The second-order valence-corrected chi connectivity index (χ2v) is 3.76. The number of nitriles is 1. The van der Waals surface area contributed by atoms with Crippen LogP contribution in [0.5, 0.6) is 0 Å². The first-order valence-corrected chi connectivity index (χ1v) is 5.56. The molecule has 2 aromatic rings. The molecule has 1 heterocycles. The predicted octanol–water partition coefficient (Wildman–Crippen LogP) is 2.29. The van der Waals surface area contributed by atoms with Crippen molar-refractivity contribution in [1.82, 2.24) is 9.97 Å². The molecule has 5 heteroatoms. The van der Waals surface area contributed by atoms with Crippen molar-refractivity contribution in [3.05, 3.63) is 47.8 Å². The molecule has 0 saturated carbocycles. The Balaban J connectivity index is 2.07. The van der Waals surface area contributed by atoms with Gasteiger partial charge in [-0.3, -0.25) is 5.32 Å². The van der Waals surface area contributed by atoms with E-state index in [1.807, 2.05) is 36.5 Å². The molecule has 1 aromatic heterocycles. The van der Waals surface area contributed by atoms with Crippen molar-refractivity contribution in [2.24, 2.45) is 0 Å². The molecule has 5 nitrogen and oxygen atoms in total. The van der Waals surface area contributed by atoms with Gasteiger partial charge in [0, 0.05) is 12.6 Å². The lowest BCUT2D eigenvalue weighted by Crippen LogP contribution is -2.04. The van der Waals surface area contributed by atoms with Gasteiger partial charge in [-0.15, -0.1) is 0 Å². The Bertz CT molecular complexity index is 559. The Labute approximate surface area is 106 Å². The molecule has 0 saturated heterocycles. The molecule has 0 amide bonds. The van der Waals surface area contributed by atoms with Gasteiger partial charge in [-0.2, -0.15) is 5.26 Å². The van der Waals surface area contributed by atoms with Gasteiger partial charge in [0.1, 0.15) is 17.5 Å². The molecular weight excluding hydrogens is 226 g/mol. The third kappa shape index (κ3) is 3.19. The van der Waals surface area contributed by atoms with Crippen molar-refractivity contribution in [2.75, 3.05) is 10.6 Å². The fourth-order valence-electron chi connectivity index (χ4n) is 1.57. The zero-order valence-electron chi connectivity index (χ0n) is 10.0. The van der Waals surface area contributed by atoms with Gasteiger partial charge < -0.3 is 5.32 Å². The van der Waals surface area contributed by atoms with Crippen LogP contribution in [0.2, 0.25) is 0 Å². The van der Waals surface area contributed by atoms with E-state index in [2.05, 4.69) is 20.6 Å². The van der Waals surface area contributed by atoms with Gasteiger partial charge in [-0.25, -0.2) is 9.97 Å². The van der Waals surface area contributed by atoms with Crippen molar-refractivity contribution in [3.8, 4) is 6.19 Å². The van der Waals surface area contributed by atoms with Crippen LogP contribution in [-0.4, -0.2) is 9.97 Å². The molecule has 18 heavy (non-hydrogen) atoms. The summed E-state index contributed by atoms with van der Waals surface area (Å²) in [6.07, 6.45) is 1.84. The van der Waals surface area contributed by atoms with Gasteiger partial charge in [0.2, 0.25) is 0 Å². The molecule has 2 N–H and O–H groups in total. The Kier molecular flexibility index (Phi) is 3.72. The van der Waals surface area contributed by atoms with Crippen molar-refractivity contribution in [1.29, 1.82) is 5.26 Å². The molecule has 90 valence electrons. The molecule has 0 radical (unpaired) electrons. The van der Waals surface area contributed by atoms with Crippen LogP contribution in [0.3, 0.4) is 0 Å². The number of nitrogens with one attached hydrogen (secondary N) is 2. The molecule has 2 rings (SSSR count). The summed E-state index contributed by atoms with van der Waals surface area (Å²) >= 11 is 0. The van der Waals surface area contributed by atoms with Gasteiger partial charge in [-0.05, 0) is 12.5 Å². The van der Waals surface area contributed by atoms with Crippen molar-refractivity contribution < 1.29 is 0 Å². The smallest absolute Gasteiger partial charge is 0.182 e. The maximum Gasteiger partial charge on any atom is 0.182 e. The zero-order chi connectivity index (χ0) is 12.8. The van der Waals surface area contributed by atoms with Gasteiger partial charge >= 0.3 is 0 Å². The highest BCUT2D eigenvalue weighted by atomic mass is 15.1. The maximum atomic E-state index is 8.57. The molecule has 0 bridgehead atoms. The minimum atomic E-state index is 0.501. The minimum Gasteiger partial charge on any atom is -0.366 e. The van der Waals surface area contributed by atoms with E-state index in [1.54, 1.807) is 13.0 Å². The number of aryl methyl sites for hydroxylation is 1. The van der Waals surface area contributed by atoms with Crippen LogP contribution in [0.4, 0.5) is 11.6 Å². The highest BCUT2D eigenvalue weighted by Gasteiger charge is 2.01. The number of aromatic nitrogens is 2. The van der Waals surface area contributed by atoms with Gasteiger partial charge in [0.15, 0.2) is 6.19 Å². The monoisotopic (exact) mass is 239 g/mol. The van der Waals surface area contributed by atoms with Crippen molar-refractivity contribution >= 4 is 11.6 Å². The molecule has 1 aromatic carbocycles. The van der Waals surface area contributed by atoms with Gasteiger partial charge in [0.05, 0.1) is 0 Å². The molecule has 0 spiro atoms. The van der Waals surface area contributed by atoms with Crippen LogP contribution in [0, 0.1) is 18.4 Å². The van der Waals surface area contributed by atoms with Crippen molar-refractivity contribution in [3.63, 3.8) is 0 Å². The first kappa shape index (κ1) is 11.9. The predicted molar refractivity (Wildman–Crippen MR) is 69.8 cm³/mol. The highest BCUT2D eigenvalue weighted by molar-refractivity contribution is 5.49. The number of nitrogens with zero attached hydrogens (tertiary/aromatic N) is 3. The lowest BCUT2D eigenvalue weighted by molar-refractivity contribution is 1.03. The Morgan fingerprint density at radius 3 is 2.61 bits per heavy atom. The largest absolute Gasteiger partial charge is 0.366 e. The molecule has 0 aliphatic rings. The zero-order valence-corrected chi connectivity index (χ0v) is 10.0. The molecular formula is C13H13N5. The van der Waals surface area contributed by atoms with Gasteiger partial charge in [-0.1, -0.05) is 30.3 Å². The summed E-state index contributed by atoms with van der Waals surface area (Å²) in [5.41, 5.74) is 1.17. The summed E-state index contributed by atoms with van der Waals surface area (Å²) in [4.78, 5) is 8.35. The quantitative estimate of drug-likeness (QED) is 0.632. The molecule has 0 aliphatic carbocycles. The summed E-state index contributed by atoms with van der Waals surface area (Å²) in [7, 11) is 0. The average Bonchev–Trinajstić information content (AvgIpc) is 2.37. The summed E-state index contributed by atoms with van der Waals surface area (Å²) in [6, 6.07) is 11.7. The van der Waals surface area contributed by atoms with Crippen molar-refractivity contribution in [2.45, 2.75) is 13.5 Å². The van der Waals surface area contributed by atoms with Crippen LogP contribution < -0.4 is 10.6 Å². The van der Waals surface area contributed by atoms with Crippen LogP contribution >= 0.6 is 0 Å². The summed E-state index contributed by atoms with van der Waals surface area (Å²) in [6.45, 7) is 2.47. The highest BCUT2D eigenvalue weighted by Crippen LogP contribution is 2.11. The second kappa shape index (κ2) is 5.64. The first-order chi connectivity index (χ1) is 8.78. The standard InChI is InChI=1S/C13H13N5/c1-10-17-12(7-13(18-10)16-9-14)15-8-11-5-3-2-4-6-11/h2-7H,8H2,1H3,(H2,15,16,17,18). The number of benzene rings is 1. The Morgan fingerprint density at radius 2 is 1.89 bits per heavy atom. The van der Waals surface area contributed by atoms with E-state index < -0.39 is 0 Å². The summed E-state index contributed by atoms with van der Waals surface area (Å²) in [5, 5.41) is 14.3. The van der Waals surface area contributed by atoms with Crippen LogP contribution in [0.1, 0.15) is 11.4 Å². The van der Waals surface area contributed by atoms with E-state index in [1.165, 1.54) is 5.56 Å². The average molecular weight is 239 g/mol. The third-order valence-corrected chi connectivity index (χ3v) is 2.34. The van der Waals surface area contributed by atoms with E-state index in [-0.39, 0.29) is 0 Å². The van der Waals surface area contributed by atoms with Gasteiger partial charge in [0.25, 0.3) is 0 Å². The number of hydrogen-bond acceptors (Lipinski definition) is 5. The molecule has 0 aliphatic heterocycles. The van der Waals surface area contributed by atoms with E-state index in [9.17, 15) is 0 Å². The maximum absolute atomic E-state index is 8.57.